The molecule has 7 heteroatoms. The van der Waals surface area contributed by atoms with Gasteiger partial charge in [-0.2, -0.15) is 5.10 Å². The molecule has 0 aliphatic rings. The van der Waals surface area contributed by atoms with Crippen LogP contribution < -0.4 is 10.9 Å². The molecule has 0 aliphatic carbocycles. The number of aryl methyl sites for hydroxylation is 3. The van der Waals surface area contributed by atoms with Gasteiger partial charge in [0, 0.05) is 31.0 Å². The van der Waals surface area contributed by atoms with Crippen molar-refractivity contribution in [3.8, 4) is 0 Å². The molecule has 0 saturated carbocycles. The highest BCUT2D eigenvalue weighted by molar-refractivity contribution is 5.83. The zero-order valence-electron chi connectivity index (χ0n) is 15.7. The van der Waals surface area contributed by atoms with E-state index in [1.165, 1.54) is 6.07 Å². The van der Waals surface area contributed by atoms with Gasteiger partial charge in [-0.1, -0.05) is 18.2 Å². The minimum Gasteiger partial charge on any atom is -0.356 e. The fraction of sp³-hybridized carbons (Fsp3) is 0.350. The maximum absolute atomic E-state index is 13.6. The lowest BCUT2D eigenvalue weighted by molar-refractivity contribution is -0.121. The SMILES string of the molecule is Cc1nn(C)c2[nH]c(=O)c(CCC(=O)NCCc3ccccc3F)c(C)c12. The van der Waals surface area contributed by atoms with Crippen LogP contribution in [0.1, 0.15) is 28.8 Å². The van der Waals surface area contributed by atoms with Crippen molar-refractivity contribution in [2.24, 2.45) is 7.05 Å². The smallest absolute Gasteiger partial charge is 0.253 e. The highest BCUT2D eigenvalue weighted by atomic mass is 19.1. The number of H-pyrrole nitrogens is 1. The number of pyridine rings is 1. The van der Waals surface area contributed by atoms with E-state index in [2.05, 4.69) is 15.4 Å². The zero-order valence-corrected chi connectivity index (χ0v) is 15.7. The summed E-state index contributed by atoms with van der Waals surface area (Å²) in [5, 5.41) is 8.05. The Hall–Kier alpha value is -2.96. The summed E-state index contributed by atoms with van der Waals surface area (Å²) in [4.78, 5) is 27.4. The summed E-state index contributed by atoms with van der Waals surface area (Å²) in [6.45, 7) is 4.14. The number of hydrogen-bond donors (Lipinski definition) is 2. The number of carbonyl (C=O) groups excluding carboxylic acids is 1. The number of nitrogens with one attached hydrogen (secondary N) is 2. The predicted molar refractivity (Wildman–Crippen MR) is 102 cm³/mol. The molecule has 0 unspecified atom stereocenters. The molecule has 0 bridgehead atoms. The number of carbonyl (C=O) groups is 1. The molecule has 3 rings (SSSR count). The van der Waals surface area contributed by atoms with Crippen molar-refractivity contribution >= 4 is 16.9 Å². The van der Waals surface area contributed by atoms with Crippen molar-refractivity contribution in [3.63, 3.8) is 0 Å². The molecule has 3 aromatic rings. The van der Waals surface area contributed by atoms with Gasteiger partial charge in [0.2, 0.25) is 5.91 Å². The second-order valence-electron chi connectivity index (χ2n) is 6.68. The third-order valence-electron chi connectivity index (χ3n) is 4.83. The molecule has 1 aromatic carbocycles. The number of nitrogens with zero attached hydrogens (tertiary/aromatic N) is 2. The molecule has 142 valence electrons. The number of benzene rings is 1. The number of amides is 1. The summed E-state index contributed by atoms with van der Waals surface area (Å²) < 4.78 is 15.2. The Bertz CT molecular complexity index is 1050. The van der Waals surface area contributed by atoms with E-state index in [0.717, 1.165) is 16.6 Å². The number of aromatic nitrogens is 3. The van der Waals surface area contributed by atoms with Gasteiger partial charge in [0.25, 0.3) is 5.56 Å². The monoisotopic (exact) mass is 370 g/mol. The van der Waals surface area contributed by atoms with E-state index in [4.69, 9.17) is 0 Å². The van der Waals surface area contributed by atoms with E-state index in [9.17, 15) is 14.0 Å². The Morgan fingerprint density at radius 2 is 2.00 bits per heavy atom. The molecule has 0 spiro atoms. The molecular formula is C20H23FN4O2. The van der Waals surface area contributed by atoms with Gasteiger partial charge in [-0.15, -0.1) is 0 Å². The minimum atomic E-state index is -0.269. The minimum absolute atomic E-state index is 0.159. The second-order valence-corrected chi connectivity index (χ2v) is 6.68. The molecular weight excluding hydrogens is 347 g/mol. The average Bonchev–Trinajstić information content (AvgIpc) is 2.90. The highest BCUT2D eigenvalue weighted by Gasteiger charge is 2.15. The van der Waals surface area contributed by atoms with Crippen LogP contribution in [-0.2, 0) is 24.7 Å². The second kappa shape index (κ2) is 7.73. The van der Waals surface area contributed by atoms with Gasteiger partial charge in [0.1, 0.15) is 11.5 Å². The van der Waals surface area contributed by atoms with E-state index < -0.39 is 0 Å². The van der Waals surface area contributed by atoms with Crippen LogP contribution in [0.15, 0.2) is 29.1 Å². The third kappa shape index (κ3) is 3.92. The molecule has 0 radical (unpaired) electrons. The Labute approximate surface area is 156 Å². The fourth-order valence-corrected chi connectivity index (χ4v) is 3.42. The first-order valence-electron chi connectivity index (χ1n) is 8.93. The van der Waals surface area contributed by atoms with Crippen LogP contribution in [0.5, 0.6) is 0 Å². The molecule has 27 heavy (non-hydrogen) atoms. The van der Waals surface area contributed by atoms with Crippen LogP contribution in [0.25, 0.3) is 11.0 Å². The van der Waals surface area contributed by atoms with Crippen LogP contribution in [0, 0.1) is 19.7 Å². The molecule has 0 atom stereocenters. The lowest BCUT2D eigenvalue weighted by Gasteiger charge is -2.08. The Balaban J connectivity index is 1.63. The van der Waals surface area contributed by atoms with Crippen LogP contribution in [0.4, 0.5) is 4.39 Å². The first kappa shape index (κ1) is 18.8. The topological polar surface area (TPSA) is 79.8 Å². The van der Waals surface area contributed by atoms with Gasteiger partial charge in [0.05, 0.1) is 5.69 Å². The number of rotatable bonds is 6. The summed E-state index contributed by atoms with van der Waals surface area (Å²) in [6.07, 6.45) is 0.974. The largest absolute Gasteiger partial charge is 0.356 e. The average molecular weight is 370 g/mol. The van der Waals surface area contributed by atoms with E-state index in [1.807, 2.05) is 13.8 Å². The summed E-state index contributed by atoms with van der Waals surface area (Å²) in [5.74, 6) is -0.429. The fourth-order valence-electron chi connectivity index (χ4n) is 3.42. The number of halogens is 1. The normalized spacial score (nSPS) is 11.1. The molecule has 2 heterocycles. The summed E-state index contributed by atoms with van der Waals surface area (Å²) >= 11 is 0. The van der Waals surface area contributed by atoms with Crippen molar-refractivity contribution in [3.05, 3.63) is 62.8 Å². The first-order chi connectivity index (χ1) is 12.9. The van der Waals surface area contributed by atoms with Crippen LogP contribution in [0.2, 0.25) is 0 Å². The molecule has 6 nitrogen and oxygen atoms in total. The highest BCUT2D eigenvalue weighted by Crippen LogP contribution is 2.21. The summed E-state index contributed by atoms with van der Waals surface area (Å²) in [6, 6.07) is 6.52. The standard InChI is InChI=1S/C20H23FN4O2/c1-12-15(20(27)23-19-18(12)13(2)24-25(19)3)8-9-17(26)22-11-10-14-6-4-5-7-16(14)21/h4-7H,8-11H2,1-3H3,(H,22,26)(H,23,27). The Morgan fingerprint density at radius 1 is 1.26 bits per heavy atom. The van der Waals surface area contributed by atoms with Crippen molar-refractivity contribution < 1.29 is 9.18 Å². The van der Waals surface area contributed by atoms with E-state index >= 15 is 0 Å². The van der Waals surface area contributed by atoms with Crippen molar-refractivity contribution in [1.29, 1.82) is 0 Å². The van der Waals surface area contributed by atoms with E-state index in [1.54, 1.807) is 29.9 Å². The van der Waals surface area contributed by atoms with Crippen molar-refractivity contribution in [1.82, 2.24) is 20.1 Å². The molecule has 0 fully saturated rings. The predicted octanol–water partition coefficient (Wildman–Crippen LogP) is 2.31. The Morgan fingerprint density at radius 3 is 2.74 bits per heavy atom. The van der Waals surface area contributed by atoms with Crippen molar-refractivity contribution in [2.45, 2.75) is 33.1 Å². The van der Waals surface area contributed by atoms with Gasteiger partial charge in [-0.3, -0.25) is 14.3 Å². The number of hydrogen-bond acceptors (Lipinski definition) is 3. The quantitative estimate of drug-likeness (QED) is 0.699. The number of fused-ring (bicyclic) bond motifs is 1. The van der Waals surface area contributed by atoms with Crippen LogP contribution in [0.3, 0.4) is 0 Å². The summed E-state index contributed by atoms with van der Waals surface area (Å²) in [7, 11) is 1.79. The van der Waals surface area contributed by atoms with Gasteiger partial charge in [-0.25, -0.2) is 4.39 Å². The van der Waals surface area contributed by atoms with Crippen LogP contribution >= 0.6 is 0 Å². The molecule has 2 aromatic heterocycles. The number of aromatic amines is 1. The van der Waals surface area contributed by atoms with Crippen LogP contribution in [-0.4, -0.2) is 27.2 Å². The lowest BCUT2D eigenvalue weighted by Crippen LogP contribution is -2.27. The molecule has 1 amide bonds. The van der Waals surface area contributed by atoms with E-state index in [-0.39, 0.29) is 23.7 Å². The summed E-state index contributed by atoms with van der Waals surface area (Å²) in [5.41, 5.74) is 3.37. The maximum atomic E-state index is 13.6. The molecule has 2 N–H and O–H groups in total. The van der Waals surface area contributed by atoms with E-state index in [0.29, 0.717) is 36.2 Å². The molecule has 0 aliphatic heterocycles. The van der Waals surface area contributed by atoms with Crippen molar-refractivity contribution in [2.75, 3.05) is 6.54 Å². The van der Waals surface area contributed by atoms with Gasteiger partial charge < -0.3 is 10.3 Å². The van der Waals surface area contributed by atoms with Gasteiger partial charge in [0.15, 0.2) is 0 Å². The van der Waals surface area contributed by atoms with Gasteiger partial charge >= 0.3 is 0 Å². The van der Waals surface area contributed by atoms with Gasteiger partial charge in [-0.05, 0) is 43.9 Å². The zero-order chi connectivity index (χ0) is 19.6. The lowest BCUT2D eigenvalue weighted by atomic mass is 10.0. The molecule has 0 saturated heterocycles. The third-order valence-corrected chi connectivity index (χ3v) is 4.83. The first-order valence-corrected chi connectivity index (χ1v) is 8.93. The maximum Gasteiger partial charge on any atom is 0.253 e. The Kier molecular flexibility index (Phi) is 5.39.